The molecule has 6 heteroatoms. The second-order valence-corrected chi connectivity index (χ2v) is 5.24. The van der Waals surface area contributed by atoms with Crippen molar-refractivity contribution < 1.29 is 19.7 Å². The lowest BCUT2D eigenvalue weighted by Crippen LogP contribution is -2.46. The van der Waals surface area contributed by atoms with E-state index in [4.69, 9.17) is 15.6 Å². The monoisotopic (exact) mass is 280 g/mol. The van der Waals surface area contributed by atoms with Crippen LogP contribution in [-0.4, -0.2) is 41.5 Å². The fourth-order valence-electron chi connectivity index (χ4n) is 2.44. The molecule has 0 bridgehead atoms. The van der Waals surface area contributed by atoms with E-state index in [0.717, 1.165) is 0 Å². The molecule has 0 amide bonds. The van der Waals surface area contributed by atoms with E-state index in [1.54, 1.807) is 13.0 Å². The third-order valence-electron chi connectivity index (χ3n) is 3.78. The number of hydrogen-bond donors (Lipinski definition) is 4. The first-order chi connectivity index (χ1) is 9.47. The number of rotatable bonds is 4. The molecule has 1 aliphatic rings. The van der Waals surface area contributed by atoms with Crippen molar-refractivity contribution in [1.82, 2.24) is 0 Å². The van der Waals surface area contributed by atoms with Gasteiger partial charge in [-0.1, -0.05) is 0 Å². The molecule has 110 valence electrons. The second-order valence-electron chi connectivity index (χ2n) is 5.24. The number of carboxylic acids is 1. The van der Waals surface area contributed by atoms with E-state index in [9.17, 15) is 9.90 Å². The van der Waals surface area contributed by atoms with Crippen LogP contribution < -0.4 is 11.1 Å². The maximum atomic E-state index is 11.2. The molecule has 1 heterocycles. The van der Waals surface area contributed by atoms with Gasteiger partial charge in [0.1, 0.15) is 0 Å². The Labute approximate surface area is 117 Å². The van der Waals surface area contributed by atoms with Gasteiger partial charge in [0, 0.05) is 24.6 Å². The summed E-state index contributed by atoms with van der Waals surface area (Å²) in [4.78, 5) is 11.2. The van der Waals surface area contributed by atoms with Gasteiger partial charge in [0.2, 0.25) is 0 Å². The minimum absolute atomic E-state index is 0.0256. The average molecular weight is 280 g/mol. The van der Waals surface area contributed by atoms with Gasteiger partial charge in [-0.15, -0.1) is 0 Å². The van der Waals surface area contributed by atoms with Crippen molar-refractivity contribution in [1.29, 1.82) is 0 Å². The third kappa shape index (κ3) is 2.86. The van der Waals surface area contributed by atoms with Gasteiger partial charge in [-0.2, -0.15) is 0 Å². The molecule has 1 aliphatic heterocycles. The van der Waals surface area contributed by atoms with Gasteiger partial charge >= 0.3 is 5.97 Å². The summed E-state index contributed by atoms with van der Waals surface area (Å²) in [5, 5.41) is 22.1. The van der Waals surface area contributed by atoms with Gasteiger partial charge in [-0.3, -0.25) is 0 Å². The summed E-state index contributed by atoms with van der Waals surface area (Å²) < 4.78 is 5.30. The summed E-state index contributed by atoms with van der Waals surface area (Å²) in [6.07, 6.45) is 1.35. The van der Waals surface area contributed by atoms with E-state index in [1.165, 1.54) is 6.07 Å². The van der Waals surface area contributed by atoms with Gasteiger partial charge in [-0.05, 0) is 37.5 Å². The number of aliphatic hydroxyl groups is 1. The molecule has 0 aromatic heterocycles. The Kier molecular flexibility index (Phi) is 4.15. The average Bonchev–Trinajstić information content (AvgIpc) is 2.43. The van der Waals surface area contributed by atoms with Crippen molar-refractivity contribution in [2.75, 3.05) is 30.9 Å². The number of hydrogen-bond acceptors (Lipinski definition) is 5. The highest BCUT2D eigenvalue weighted by Gasteiger charge is 2.32. The second kappa shape index (κ2) is 5.68. The quantitative estimate of drug-likeness (QED) is 0.618. The molecule has 6 nitrogen and oxygen atoms in total. The minimum atomic E-state index is -1.06. The Morgan fingerprint density at radius 1 is 1.45 bits per heavy atom. The maximum Gasteiger partial charge on any atom is 0.337 e. The predicted molar refractivity (Wildman–Crippen MR) is 76.0 cm³/mol. The number of anilines is 2. The number of ether oxygens (including phenoxy) is 1. The van der Waals surface area contributed by atoms with Gasteiger partial charge < -0.3 is 26.0 Å². The third-order valence-corrected chi connectivity index (χ3v) is 3.78. The normalized spacial score (nSPS) is 17.7. The van der Waals surface area contributed by atoms with E-state index in [0.29, 0.717) is 37.3 Å². The summed E-state index contributed by atoms with van der Waals surface area (Å²) in [6.45, 7) is 2.89. The molecular formula is C14H20N2O4. The fourth-order valence-corrected chi connectivity index (χ4v) is 2.44. The molecule has 0 spiro atoms. The van der Waals surface area contributed by atoms with Crippen LogP contribution in [0.5, 0.6) is 0 Å². The largest absolute Gasteiger partial charge is 0.478 e. The first kappa shape index (κ1) is 14.6. The highest BCUT2D eigenvalue weighted by atomic mass is 16.5. The number of nitrogens with two attached hydrogens (primary N) is 1. The van der Waals surface area contributed by atoms with Crippen LogP contribution in [0.2, 0.25) is 0 Å². The molecule has 2 rings (SSSR count). The molecule has 5 N–H and O–H groups in total. The van der Waals surface area contributed by atoms with Crippen LogP contribution >= 0.6 is 0 Å². The van der Waals surface area contributed by atoms with E-state index < -0.39 is 11.5 Å². The summed E-state index contributed by atoms with van der Waals surface area (Å²) in [6, 6.07) is 3.31. The molecule has 20 heavy (non-hydrogen) atoms. The topological polar surface area (TPSA) is 105 Å². The molecule has 1 aromatic rings. The van der Waals surface area contributed by atoms with Crippen molar-refractivity contribution in [3.63, 3.8) is 0 Å². The fraction of sp³-hybridized carbons (Fsp3) is 0.500. The van der Waals surface area contributed by atoms with Crippen molar-refractivity contribution in [2.24, 2.45) is 0 Å². The van der Waals surface area contributed by atoms with E-state index in [-0.39, 0.29) is 17.9 Å². The summed E-state index contributed by atoms with van der Waals surface area (Å²) in [5.41, 5.74) is 7.02. The summed E-state index contributed by atoms with van der Waals surface area (Å²) in [5.74, 6) is -1.06. The van der Waals surface area contributed by atoms with Crippen LogP contribution in [0.1, 0.15) is 28.8 Å². The lowest BCUT2D eigenvalue weighted by Gasteiger charge is -2.37. The number of nitrogen functional groups attached to an aromatic ring is 1. The standard InChI is InChI=1S/C14H20N2O4/c1-9-6-10(7-11(12(9)15)13(18)19)16-14(8-17)2-4-20-5-3-14/h6-7,16-17H,2-5,8,15H2,1H3,(H,18,19). The number of aromatic carboxylic acids is 1. The first-order valence-electron chi connectivity index (χ1n) is 6.58. The predicted octanol–water partition coefficient (Wildman–Crippen LogP) is 1.23. The highest BCUT2D eigenvalue weighted by molar-refractivity contribution is 5.95. The zero-order valence-corrected chi connectivity index (χ0v) is 11.5. The molecule has 0 radical (unpaired) electrons. The Hall–Kier alpha value is -1.79. The lowest BCUT2D eigenvalue weighted by atomic mass is 9.90. The van der Waals surface area contributed by atoms with Crippen molar-refractivity contribution in [2.45, 2.75) is 25.3 Å². The smallest absolute Gasteiger partial charge is 0.337 e. The van der Waals surface area contributed by atoms with Gasteiger partial charge in [0.05, 0.1) is 17.7 Å². The minimum Gasteiger partial charge on any atom is -0.478 e. The van der Waals surface area contributed by atoms with Crippen LogP contribution in [0.3, 0.4) is 0 Å². The van der Waals surface area contributed by atoms with E-state index in [1.807, 2.05) is 0 Å². The number of nitrogens with one attached hydrogen (secondary N) is 1. The number of carbonyl (C=O) groups is 1. The lowest BCUT2D eigenvalue weighted by molar-refractivity contribution is 0.0380. The summed E-state index contributed by atoms with van der Waals surface area (Å²) in [7, 11) is 0. The zero-order valence-electron chi connectivity index (χ0n) is 11.5. The van der Waals surface area contributed by atoms with E-state index in [2.05, 4.69) is 5.32 Å². The Bertz CT molecular complexity index is 510. The zero-order chi connectivity index (χ0) is 14.8. The molecule has 0 saturated carbocycles. The maximum absolute atomic E-state index is 11.2. The SMILES string of the molecule is Cc1cc(NC2(CO)CCOCC2)cc(C(=O)O)c1N. The number of aryl methyl sites for hydroxylation is 1. The molecule has 1 saturated heterocycles. The first-order valence-corrected chi connectivity index (χ1v) is 6.58. The number of benzene rings is 1. The van der Waals surface area contributed by atoms with Crippen molar-refractivity contribution in [3.8, 4) is 0 Å². The van der Waals surface area contributed by atoms with Gasteiger partial charge in [-0.25, -0.2) is 4.79 Å². The van der Waals surface area contributed by atoms with Crippen LogP contribution in [0.4, 0.5) is 11.4 Å². The Morgan fingerprint density at radius 3 is 2.65 bits per heavy atom. The number of carboxylic acid groups (broad SMARTS) is 1. The highest BCUT2D eigenvalue weighted by Crippen LogP contribution is 2.29. The molecule has 0 unspecified atom stereocenters. The van der Waals surface area contributed by atoms with Gasteiger partial charge in [0.25, 0.3) is 0 Å². The Morgan fingerprint density at radius 2 is 2.10 bits per heavy atom. The van der Waals surface area contributed by atoms with Crippen LogP contribution in [0.25, 0.3) is 0 Å². The molecular weight excluding hydrogens is 260 g/mol. The Balaban J connectivity index is 2.31. The molecule has 0 aliphatic carbocycles. The van der Waals surface area contributed by atoms with E-state index >= 15 is 0 Å². The van der Waals surface area contributed by atoms with Crippen LogP contribution in [0.15, 0.2) is 12.1 Å². The van der Waals surface area contributed by atoms with Crippen molar-refractivity contribution in [3.05, 3.63) is 23.3 Å². The molecule has 1 aromatic carbocycles. The molecule has 0 atom stereocenters. The molecule has 1 fully saturated rings. The van der Waals surface area contributed by atoms with Crippen LogP contribution in [0, 0.1) is 6.92 Å². The van der Waals surface area contributed by atoms with Crippen LogP contribution in [-0.2, 0) is 4.74 Å². The summed E-state index contributed by atoms with van der Waals surface area (Å²) >= 11 is 0. The van der Waals surface area contributed by atoms with Gasteiger partial charge in [0.15, 0.2) is 0 Å². The van der Waals surface area contributed by atoms with Crippen molar-refractivity contribution >= 4 is 17.3 Å². The number of aliphatic hydroxyl groups excluding tert-OH is 1.